The smallest absolute Gasteiger partial charge is 0.259 e. The van der Waals surface area contributed by atoms with Crippen LogP contribution in [0.15, 0.2) is 72.1 Å². The Balaban J connectivity index is 1.42. The van der Waals surface area contributed by atoms with Gasteiger partial charge in [0.25, 0.3) is 15.9 Å². The average molecular weight is 487 g/mol. The summed E-state index contributed by atoms with van der Waals surface area (Å²) in [6.45, 7) is 0.0691. The number of nitrogens with one attached hydrogen (secondary N) is 1. The Morgan fingerprint density at radius 2 is 1.94 bits per heavy atom. The summed E-state index contributed by atoms with van der Waals surface area (Å²) in [5.74, 6) is 0.0912. The molecule has 8 nitrogen and oxygen atoms in total. The number of hydrogen-bond acceptors (Lipinski definition) is 5. The first-order chi connectivity index (χ1) is 16.3. The number of aromatic nitrogens is 2. The third-order valence-electron chi connectivity index (χ3n) is 5.91. The van der Waals surface area contributed by atoms with Gasteiger partial charge in [-0.3, -0.25) is 4.79 Å². The molecule has 0 spiro atoms. The first-order valence-corrected chi connectivity index (χ1v) is 12.4. The normalized spacial score (nSPS) is 15.1. The minimum Gasteiger partial charge on any atom is -0.492 e. The second kappa shape index (κ2) is 9.94. The van der Waals surface area contributed by atoms with Crippen molar-refractivity contribution in [3.63, 3.8) is 0 Å². The van der Waals surface area contributed by atoms with Crippen LogP contribution in [0.1, 0.15) is 11.1 Å². The van der Waals surface area contributed by atoms with Crippen molar-refractivity contribution in [3.8, 4) is 5.75 Å². The van der Waals surface area contributed by atoms with E-state index in [9.17, 15) is 17.6 Å². The molecule has 180 valence electrons. The highest BCUT2D eigenvalue weighted by Gasteiger charge is 2.46. The maximum Gasteiger partial charge on any atom is 0.259 e. The van der Waals surface area contributed by atoms with E-state index in [0.29, 0.717) is 25.3 Å². The summed E-state index contributed by atoms with van der Waals surface area (Å²) >= 11 is 0. The van der Waals surface area contributed by atoms with E-state index in [1.807, 2.05) is 48.5 Å². The van der Waals surface area contributed by atoms with E-state index in [1.54, 1.807) is 17.7 Å². The Labute approximate surface area is 198 Å². The van der Waals surface area contributed by atoms with Crippen LogP contribution in [-0.4, -0.2) is 61.7 Å². The number of ether oxygens (including phenoxy) is 1. The molecule has 1 fully saturated rings. The topological polar surface area (TPSA) is 93.5 Å². The Hall–Kier alpha value is -3.24. The molecule has 10 heteroatoms. The summed E-state index contributed by atoms with van der Waals surface area (Å²) in [6.07, 6.45) is 3.55. The van der Waals surface area contributed by atoms with Crippen molar-refractivity contribution in [1.29, 1.82) is 0 Å². The number of likely N-dealkylation sites (tertiary alicyclic amines) is 1. The van der Waals surface area contributed by atoms with Gasteiger partial charge in [0.05, 0.1) is 6.33 Å². The van der Waals surface area contributed by atoms with Gasteiger partial charge in [-0.15, -0.1) is 0 Å². The molecule has 0 bridgehead atoms. The molecule has 3 aromatic rings. The highest BCUT2D eigenvalue weighted by Crippen LogP contribution is 2.39. The lowest BCUT2D eigenvalue weighted by Crippen LogP contribution is -2.62. The summed E-state index contributed by atoms with van der Waals surface area (Å²) in [4.78, 5) is 17.2. The van der Waals surface area contributed by atoms with Crippen molar-refractivity contribution in [2.75, 3.05) is 32.9 Å². The van der Waals surface area contributed by atoms with Gasteiger partial charge < -0.3 is 14.2 Å². The van der Waals surface area contributed by atoms with E-state index < -0.39 is 22.6 Å². The summed E-state index contributed by atoms with van der Waals surface area (Å²) in [5, 5.41) is -0.0442. The Kier molecular flexibility index (Phi) is 6.99. The van der Waals surface area contributed by atoms with Crippen molar-refractivity contribution in [1.82, 2.24) is 19.2 Å². The highest BCUT2D eigenvalue weighted by atomic mass is 32.2. The molecule has 0 saturated carbocycles. The molecule has 0 atom stereocenters. The number of nitrogens with zero attached hydrogens (tertiary/aromatic N) is 3. The van der Waals surface area contributed by atoms with Gasteiger partial charge in [0.2, 0.25) is 0 Å². The molecular weight excluding hydrogens is 459 g/mol. The number of sulfonamides is 1. The minimum atomic E-state index is -3.70. The van der Waals surface area contributed by atoms with Crippen LogP contribution in [0.4, 0.5) is 4.39 Å². The van der Waals surface area contributed by atoms with E-state index in [4.69, 9.17) is 4.74 Å². The fourth-order valence-corrected chi connectivity index (χ4v) is 5.18. The number of benzene rings is 2. The average Bonchev–Trinajstić information content (AvgIpc) is 3.26. The molecule has 34 heavy (non-hydrogen) atoms. The van der Waals surface area contributed by atoms with Gasteiger partial charge in [0.15, 0.2) is 11.7 Å². The Morgan fingerprint density at radius 3 is 2.62 bits per heavy atom. The first kappa shape index (κ1) is 23.9. The first-order valence-electron chi connectivity index (χ1n) is 10.9. The van der Waals surface area contributed by atoms with Crippen molar-refractivity contribution in [3.05, 3.63) is 78.2 Å². The van der Waals surface area contributed by atoms with Gasteiger partial charge in [-0.2, -0.15) is 0 Å². The van der Waals surface area contributed by atoms with Crippen LogP contribution >= 0.6 is 0 Å². The molecule has 2 aromatic carbocycles. The summed E-state index contributed by atoms with van der Waals surface area (Å²) in [5.41, 5.74) is 1.78. The number of carbonyl (C=O) groups is 1. The van der Waals surface area contributed by atoms with Crippen LogP contribution in [0.3, 0.4) is 0 Å². The van der Waals surface area contributed by atoms with Gasteiger partial charge in [-0.25, -0.2) is 22.5 Å². The second-order valence-corrected chi connectivity index (χ2v) is 10.2. The van der Waals surface area contributed by atoms with Crippen LogP contribution in [0, 0.1) is 0 Å². The molecule has 1 amide bonds. The zero-order valence-electron chi connectivity index (χ0n) is 18.9. The second-order valence-electron chi connectivity index (χ2n) is 8.48. The largest absolute Gasteiger partial charge is 0.492 e. The summed E-state index contributed by atoms with van der Waals surface area (Å²) in [7, 11) is -2.01. The minimum absolute atomic E-state index is 0.0442. The van der Waals surface area contributed by atoms with Gasteiger partial charge in [-0.1, -0.05) is 42.5 Å². The predicted octanol–water partition coefficient (Wildman–Crippen LogP) is 2.07. The number of carbonyl (C=O) groups excluding carboxylic acids is 1. The van der Waals surface area contributed by atoms with Gasteiger partial charge >= 0.3 is 0 Å². The molecule has 4 rings (SSSR count). The summed E-state index contributed by atoms with van der Waals surface area (Å²) in [6, 6.07) is 17.5. The molecule has 2 heterocycles. The van der Waals surface area contributed by atoms with Crippen molar-refractivity contribution in [2.24, 2.45) is 7.05 Å². The van der Waals surface area contributed by atoms with Crippen LogP contribution in [0.5, 0.6) is 5.75 Å². The van der Waals surface area contributed by atoms with E-state index in [0.717, 1.165) is 11.1 Å². The van der Waals surface area contributed by atoms with Gasteiger partial charge in [0, 0.05) is 38.3 Å². The number of imidazole rings is 1. The van der Waals surface area contributed by atoms with Crippen LogP contribution in [0.2, 0.25) is 0 Å². The summed E-state index contributed by atoms with van der Waals surface area (Å²) < 4.78 is 47.3. The SMILES string of the molecule is Cn1cnc(S(=O)(=O)NCCOc2cccc(C3(Cc4ccccc4)CN(C(=O)CF)C3)c2)c1. The third kappa shape index (κ3) is 5.28. The number of aryl methyl sites for hydroxylation is 1. The lowest BCUT2D eigenvalue weighted by molar-refractivity contribution is -0.140. The van der Waals surface area contributed by atoms with Crippen molar-refractivity contribution in [2.45, 2.75) is 16.9 Å². The Morgan fingerprint density at radius 1 is 1.18 bits per heavy atom. The fraction of sp³-hybridized carbons (Fsp3) is 0.333. The zero-order chi connectivity index (χ0) is 24.2. The maximum absolute atomic E-state index is 12.9. The monoisotopic (exact) mass is 486 g/mol. The molecule has 1 saturated heterocycles. The van der Waals surface area contributed by atoms with Crippen LogP contribution in [-0.2, 0) is 33.7 Å². The molecular formula is C24H27FN4O4S. The molecule has 0 radical (unpaired) electrons. The third-order valence-corrected chi connectivity index (χ3v) is 7.25. The predicted molar refractivity (Wildman–Crippen MR) is 125 cm³/mol. The van der Waals surface area contributed by atoms with E-state index >= 15 is 0 Å². The van der Waals surface area contributed by atoms with E-state index in [1.165, 1.54) is 17.4 Å². The van der Waals surface area contributed by atoms with Crippen molar-refractivity contribution < 1.29 is 22.3 Å². The lowest BCUT2D eigenvalue weighted by atomic mass is 9.69. The molecule has 0 unspecified atom stereocenters. The standard InChI is InChI=1S/C24H27FN4O4S/c1-28-15-22(26-18-28)34(31,32)27-10-11-33-21-9-5-8-20(12-21)24(13-19-6-3-2-4-7-19)16-29(17-24)23(30)14-25/h2-9,12,15,18,27H,10-11,13-14,16-17H2,1H3. The number of amides is 1. The molecule has 1 aromatic heterocycles. The molecule has 0 aliphatic carbocycles. The van der Waals surface area contributed by atoms with Gasteiger partial charge in [-0.05, 0) is 29.7 Å². The van der Waals surface area contributed by atoms with Crippen LogP contribution in [0.25, 0.3) is 0 Å². The van der Waals surface area contributed by atoms with Crippen LogP contribution < -0.4 is 9.46 Å². The lowest BCUT2D eigenvalue weighted by Gasteiger charge is -2.50. The van der Waals surface area contributed by atoms with E-state index in [2.05, 4.69) is 9.71 Å². The zero-order valence-corrected chi connectivity index (χ0v) is 19.7. The number of halogens is 1. The highest BCUT2D eigenvalue weighted by molar-refractivity contribution is 7.89. The van der Waals surface area contributed by atoms with Gasteiger partial charge in [0.1, 0.15) is 12.4 Å². The Bertz CT molecular complexity index is 1240. The van der Waals surface area contributed by atoms with E-state index in [-0.39, 0.29) is 23.6 Å². The fourth-order valence-electron chi connectivity index (χ4n) is 4.19. The molecule has 1 aliphatic heterocycles. The number of hydrogen-bond donors (Lipinski definition) is 1. The quantitative estimate of drug-likeness (QED) is 0.443. The molecule has 1 N–H and O–H groups in total. The van der Waals surface area contributed by atoms with Crippen molar-refractivity contribution >= 4 is 15.9 Å². The maximum atomic E-state index is 12.9. The number of alkyl halides is 1. The molecule has 1 aliphatic rings. The number of rotatable bonds is 10.